The minimum Gasteiger partial charge on any atom is -0.492 e. The smallest absolute Gasteiger partial charge is 0.339 e. The van der Waals surface area contributed by atoms with Gasteiger partial charge in [0.25, 0.3) is 0 Å². The predicted molar refractivity (Wildman–Crippen MR) is 81.8 cm³/mol. The number of aryl methyl sites for hydroxylation is 1. The van der Waals surface area contributed by atoms with Crippen LogP contribution in [-0.2, 0) is 6.42 Å². The number of hydrogen-bond donors (Lipinski definition) is 1. The number of carboxylic acid groups (broad SMARTS) is 1. The molecule has 1 rings (SSSR count). The molecule has 0 saturated heterocycles. The molecule has 3 nitrogen and oxygen atoms in total. The van der Waals surface area contributed by atoms with Gasteiger partial charge in [-0.25, -0.2) is 4.79 Å². The van der Waals surface area contributed by atoms with Gasteiger partial charge in [-0.05, 0) is 61.8 Å². The molecule has 0 aliphatic rings. The highest BCUT2D eigenvalue weighted by Crippen LogP contribution is 2.30. The van der Waals surface area contributed by atoms with E-state index in [0.29, 0.717) is 18.3 Å². The summed E-state index contributed by atoms with van der Waals surface area (Å²) in [6.07, 6.45) is 2.93. The molecule has 3 heteroatoms. The molecule has 0 spiro atoms. The summed E-state index contributed by atoms with van der Waals surface area (Å²) in [5, 5.41) is 9.34. The third-order valence-electron chi connectivity index (χ3n) is 3.63. The Morgan fingerprint density at radius 1 is 1.35 bits per heavy atom. The maximum absolute atomic E-state index is 11.4. The van der Waals surface area contributed by atoms with Gasteiger partial charge in [0.2, 0.25) is 0 Å². The zero-order valence-electron chi connectivity index (χ0n) is 13.2. The minimum absolute atomic E-state index is 0.279. The fourth-order valence-electron chi connectivity index (χ4n) is 2.56. The Hall–Kier alpha value is -1.51. The number of carboxylic acids is 1. The van der Waals surface area contributed by atoms with Gasteiger partial charge in [0.15, 0.2) is 0 Å². The normalized spacial score (nSPS) is 10.9. The third-order valence-corrected chi connectivity index (χ3v) is 3.63. The molecule has 0 saturated carbocycles. The van der Waals surface area contributed by atoms with Gasteiger partial charge in [-0.3, -0.25) is 0 Å². The molecule has 20 heavy (non-hydrogen) atoms. The second kappa shape index (κ2) is 7.32. The van der Waals surface area contributed by atoms with Crippen molar-refractivity contribution in [2.75, 3.05) is 6.61 Å². The fraction of sp³-hybridized carbons (Fsp3) is 0.588. The van der Waals surface area contributed by atoms with E-state index < -0.39 is 5.97 Å². The van der Waals surface area contributed by atoms with Gasteiger partial charge in [-0.15, -0.1) is 0 Å². The zero-order valence-corrected chi connectivity index (χ0v) is 13.2. The molecule has 0 amide bonds. The summed E-state index contributed by atoms with van der Waals surface area (Å²) in [5.74, 6) is 0.268. The summed E-state index contributed by atoms with van der Waals surface area (Å²) >= 11 is 0. The highest BCUT2D eigenvalue weighted by atomic mass is 16.5. The molecule has 0 atom stereocenters. The van der Waals surface area contributed by atoms with Crippen LogP contribution in [0, 0.1) is 19.8 Å². The highest BCUT2D eigenvalue weighted by molar-refractivity contribution is 5.92. The number of rotatable bonds is 7. The van der Waals surface area contributed by atoms with Gasteiger partial charge >= 0.3 is 5.97 Å². The Bertz CT molecular complexity index is 476. The van der Waals surface area contributed by atoms with Crippen molar-refractivity contribution in [2.24, 2.45) is 5.92 Å². The van der Waals surface area contributed by atoms with Gasteiger partial charge in [0.1, 0.15) is 11.3 Å². The van der Waals surface area contributed by atoms with Crippen LogP contribution in [-0.4, -0.2) is 17.7 Å². The monoisotopic (exact) mass is 278 g/mol. The molecule has 0 aliphatic heterocycles. The SMILES string of the molecule is CCc1c(C)cc(C(=O)O)c(OCCCC(C)C)c1C. The van der Waals surface area contributed by atoms with Crippen LogP contribution >= 0.6 is 0 Å². The summed E-state index contributed by atoms with van der Waals surface area (Å²) in [7, 11) is 0. The minimum atomic E-state index is -0.919. The van der Waals surface area contributed by atoms with Crippen molar-refractivity contribution >= 4 is 5.97 Å². The summed E-state index contributed by atoms with van der Waals surface area (Å²) in [6.45, 7) is 10.9. The summed E-state index contributed by atoms with van der Waals surface area (Å²) in [5.41, 5.74) is 3.46. The molecule has 1 N–H and O–H groups in total. The van der Waals surface area contributed by atoms with Crippen molar-refractivity contribution in [3.05, 3.63) is 28.3 Å². The van der Waals surface area contributed by atoms with Crippen LogP contribution in [0.25, 0.3) is 0 Å². The lowest BCUT2D eigenvalue weighted by Crippen LogP contribution is -2.09. The largest absolute Gasteiger partial charge is 0.492 e. The van der Waals surface area contributed by atoms with Crippen LogP contribution in [0.4, 0.5) is 0 Å². The van der Waals surface area contributed by atoms with Gasteiger partial charge < -0.3 is 9.84 Å². The van der Waals surface area contributed by atoms with Gasteiger partial charge in [0, 0.05) is 0 Å². The first kappa shape index (κ1) is 16.5. The second-order valence-corrected chi connectivity index (χ2v) is 5.72. The molecular weight excluding hydrogens is 252 g/mol. The molecule has 0 unspecified atom stereocenters. The van der Waals surface area contributed by atoms with Gasteiger partial charge in [0.05, 0.1) is 6.61 Å². The number of hydrogen-bond acceptors (Lipinski definition) is 2. The van der Waals surface area contributed by atoms with Crippen LogP contribution in [0.5, 0.6) is 5.75 Å². The van der Waals surface area contributed by atoms with Crippen molar-refractivity contribution in [1.82, 2.24) is 0 Å². The molecule has 0 bridgehead atoms. The highest BCUT2D eigenvalue weighted by Gasteiger charge is 2.18. The first-order chi connectivity index (χ1) is 9.38. The maximum atomic E-state index is 11.4. The van der Waals surface area contributed by atoms with E-state index in [-0.39, 0.29) is 5.56 Å². The Morgan fingerprint density at radius 3 is 2.50 bits per heavy atom. The van der Waals surface area contributed by atoms with Crippen LogP contribution in [0.3, 0.4) is 0 Å². The predicted octanol–water partition coefficient (Wildman–Crippen LogP) is 4.38. The van der Waals surface area contributed by atoms with E-state index in [1.807, 2.05) is 13.8 Å². The standard InChI is InChI=1S/C17H26O3/c1-6-14-12(4)10-15(17(18)19)16(13(14)5)20-9-7-8-11(2)3/h10-11H,6-9H2,1-5H3,(H,18,19). The van der Waals surface area contributed by atoms with E-state index in [2.05, 4.69) is 20.8 Å². The zero-order chi connectivity index (χ0) is 15.3. The number of carbonyl (C=O) groups is 1. The van der Waals surface area contributed by atoms with Crippen molar-refractivity contribution in [2.45, 2.75) is 53.9 Å². The molecular formula is C17H26O3. The summed E-state index contributed by atoms with van der Waals surface area (Å²) < 4.78 is 5.80. The van der Waals surface area contributed by atoms with Crippen molar-refractivity contribution < 1.29 is 14.6 Å². The fourth-order valence-corrected chi connectivity index (χ4v) is 2.56. The molecule has 1 aromatic carbocycles. The molecule has 0 fully saturated rings. The Kier molecular flexibility index (Phi) is 6.05. The van der Waals surface area contributed by atoms with Gasteiger partial charge in [-0.2, -0.15) is 0 Å². The van der Waals surface area contributed by atoms with Gasteiger partial charge in [-0.1, -0.05) is 20.8 Å². The summed E-state index contributed by atoms with van der Waals surface area (Å²) in [6, 6.07) is 1.73. The summed E-state index contributed by atoms with van der Waals surface area (Å²) in [4.78, 5) is 11.4. The van der Waals surface area contributed by atoms with E-state index >= 15 is 0 Å². The Morgan fingerprint density at radius 2 is 2.00 bits per heavy atom. The number of benzene rings is 1. The third kappa shape index (κ3) is 3.99. The van der Waals surface area contributed by atoms with E-state index in [0.717, 1.165) is 30.4 Å². The van der Waals surface area contributed by atoms with Crippen LogP contribution in [0.2, 0.25) is 0 Å². The lowest BCUT2D eigenvalue weighted by molar-refractivity contribution is 0.0691. The Labute approximate surface area is 122 Å². The second-order valence-electron chi connectivity index (χ2n) is 5.72. The molecule has 0 aromatic heterocycles. The Balaban J connectivity index is 2.99. The number of ether oxygens (including phenoxy) is 1. The van der Waals surface area contributed by atoms with Crippen molar-refractivity contribution in [1.29, 1.82) is 0 Å². The van der Waals surface area contributed by atoms with Crippen LogP contribution in [0.1, 0.15) is 60.7 Å². The van der Waals surface area contributed by atoms with E-state index in [1.165, 1.54) is 5.56 Å². The maximum Gasteiger partial charge on any atom is 0.339 e. The van der Waals surface area contributed by atoms with Crippen LogP contribution < -0.4 is 4.74 Å². The van der Waals surface area contributed by atoms with Crippen LogP contribution in [0.15, 0.2) is 6.07 Å². The molecule has 0 radical (unpaired) electrons. The average Bonchev–Trinajstić information content (AvgIpc) is 2.36. The lowest BCUT2D eigenvalue weighted by atomic mass is 9.96. The lowest BCUT2D eigenvalue weighted by Gasteiger charge is -2.17. The topological polar surface area (TPSA) is 46.5 Å². The van der Waals surface area contributed by atoms with Crippen molar-refractivity contribution in [3.8, 4) is 5.75 Å². The first-order valence-electron chi connectivity index (χ1n) is 7.37. The number of aromatic carboxylic acids is 1. The van der Waals surface area contributed by atoms with E-state index in [4.69, 9.17) is 4.74 Å². The van der Waals surface area contributed by atoms with E-state index in [9.17, 15) is 9.90 Å². The first-order valence-corrected chi connectivity index (χ1v) is 7.37. The molecule has 1 aromatic rings. The van der Waals surface area contributed by atoms with E-state index in [1.54, 1.807) is 6.07 Å². The van der Waals surface area contributed by atoms with Crippen molar-refractivity contribution in [3.63, 3.8) is 0 Å². The quantitative estimate of drug-likeness (QED) is 0.753. The average molecular weight is 278 g/mol. The molecule has 0 aliphatic carbocycles. The molecule has 0 heterocycles. The molecule has 112 valence electrons.